The van der Waals surface area contributed by atoms with Gasteiger partial charge >= 0.3 is 18.3 Å². The molecule has 2 aliphatic rings. The predicted molar refractivity (Wildman–Crippen MR) is 152 cm³/mol. The average Bonchev–Trinajstić information content (AvgIpc) is 3.16. The fourth-order valence-corrected chi connectivity index (χ4v) is 6.71. The molecule has 236 valence electrons. The molecule has 3 aromatic rings. The van der Waals surface area contributed by atoms with Gasteiger partial charge in [-0.15, -0.1) is 0 Å². The Balaban J connectivity index is 1.56. The molecule has 0 N–H and O–H groups in total. The molecule has 2 heterocycles. The molecule has 2 saturated heterocycles. The Hall–Kier alpha value is -3.37. The molecular weight excluding hydrogens is 584 g/mol. The molecule has 0 aromatic heterocycles. The van der Waals surface area contributed by atoms with Gasteiger partial charge < -0.3 is 9.47 Å². The maximum Gasteiger partial charge on any atom is 0.416 e. The second kappa shape index (κ2) is 11.9. The monoisotopic (exact) mass is 619 g/mol. The Bertz CT molecular complexity index is 1420. The van der Waals surface area contributed by atoms with Gasteiger partial charge in [-0.05, 0) is 74.9 Å². The van der Waals surface area contributed by atoms with Crippen molar-refractivity contribution in [1.29, 1.82) is 0 Å². The Morgan fingerprint density at radius 2 is 1.39 bits per heavy atom. The summed E-state index contributed by atoms with van der Waals surface area (Å²) in [5, 5.41) is 0. The first-order valence-electron chi connectivity index (χ1n) is 14.6. The second-order valence-corrected chi connectivity index (χ2v) is 12.6. The van der Waals surface area contributed by atoms with Crippen LogP contribution in [-0.2, 0) is 45.3 Å². The van der Waals surface area contributed by atoms with Crippen LogP contribution in [0.1, 0.15) is 67.9 Å². The Morgan fingerprint density at radius 3 is 1.93 bits per heavy atom. The van der Waals surface area contributed by atoms with Gasteiger partial charge in [0.15, 0.2) is 0 Å². The molecule has 4 nitrogen and oxygen atoms in total. The molecular formula is C34H35F6NO3. The van der Waals surface area contributed by atoms with Crippen LogP contribution in [0.3, 0.4) is 0 Å². The number of esters is 1. The van der Waals surface area contributed by atoms with E-state index in [2.05, 4.69) is 4.90 Å². The smallest absolute Gasteiger partial charge is 0.416 e. The summed E-state index contributed by atoms with van der Waals surface area (Å²) in [6, 6.07) is 20.5. The zero-order valence-corrected chi connectivity index (χ0v) is 24.7. The van der Waals surface area contributed by atoms with Crippen molar-refractivity contribution >= 4 is 5.97 Å². The van der Waals surface area contributed by atoms with Gasteiger partial charge in [0.1, 0.15) is 5.60 Å². The molecule has 2 fully saturated rings. The first-order valence-corrected chi connectivity index (χ1v) is 14.6. The first-order chi connectivity index (χ1) is 20.6. The third-order valence-electron chi connectivity index (χ3n) is 8.44. The largest absolute Gasteiger partial charge is 0.460 e. The highest BCUT2D eigenvalue weighted by Gasteiger charge is 2.62. The molecule has 2 bridgehead atoms. The third kappa shape index (κ3) is 6.66. The lowest BCUT2D eigenvalue weighted by Gasteiger charge is -2.50. The van der Waals surface area contributed by atoms with E-state index in [9.17, 15) is 31.1 Å². The molecule has 0 aliphatic carbocycles. The summed E-state index contributed by atoms with van der Waals surface area (Å²) in [4.78, 5) is 15.9. The summed E-state index contributed by atoms with van der Waals surface area (Å²) in [7, 11) is 0. The van der Waals surface area contributed by atoms with E-state index in [4.69, 9.17) is 9.47 Å². The van der Waals surface area contributed by atoms with Crippen molar-refractivity contribution in [1.82, 2.24) is 4.90 Å². The SMILES string of the molecule is CC(C)(C)OC(=O)C1CC2(c3ccccc3)C(OCc3cc(C(F)(F)F)cc(C(F)(F)F)c3)CCC1N2Cc1ccccc1. The minimum absolute atomic E-state index is 0.115. The minimum Gasteiger partial charge on any atom is -0.460 e. The lowest BCUT2D eigenvalue weighted by atomic mass is 9.78. The Labute approximate surface area is 253 Å². The molecule has 0 amide bonds. The maximum absolute atomic E-state index is 13.6. The topological polar surface area (TPSA) is 38.8 Å². The molecule has 4 unspecified atom stereocenters. The third-order valence-corrected chi connectivity index (χ3v) is 8.44. The number of alkyl halides is 6. The zero-order valence-electron chi connectivity index (χ0n) is 24.7. The second-order valence-electron chi connectivity index (χ2n) is 12.6. The van der Waals surface area contributed by atoms with E-state index in [1.807, 2.05) is 60.7 Å². The Kier molecular flexibility index (Phi) is 8.63. The van der Waals surface area contributed by atoms with E-state index in [0.717, 1.165) is 11.1 Å². The first kappa shape index (κ1) is 32.0. The number of fused-ring (bicyclic) bond motifs is 2. The number of halogens is 6. The van der Waals surface area contributed by atoms with Crippen LogP contribution >= 0.6 is 0 Å². The molecule has 10 heteroatoms. The maximum atomic E-state index is 13.6. The Morgan fingerprint density at radius 1 is 0.818 bits per heavy atom. The highest BCUT2D eigenvalue weighted by Crippen LogP contribution is 2.55. The van der Waals surface area contributed by atoms with E-state index < -0.39 is 53.2 Å². The van der Waals surface area contributed by atoms with Gasteiger partial charge in [0.25, 0.3) is 0 Å². The molecule has 4 atom stereocenters. The zero-order chi connectivity index (χ0) is 31.9. The van der Waals surface area contributed by atoms with Crippen molar-refractivity contribution in [2.45, 2.75) is 88.8 Å². The highest BCUT2D eigenvalue weighted by atomic mass is 19.4. The standard InChI is InChI=1S/C34H35F6NO3/c1-31(2,3)44-30(42)27-19-32(24-12-8-5-9-13-24)29(15-14-28(27)41(32)20-22-10-6-4-7-11-22)43-21-23-16-25(33(35,36)37)18-26(17-23)34(38,39)40/h4-13,16-18,27-29H,14-15,19-21H2,1-3H3. The van der Waals surface area contributed by atoms with E-state index in [-0.39, 0.29) is 23.6 Å². The molecule has 5 rings (SSSR count). The molecule has 0 spiro atoms. The van der Waals surface area contributed by atoms with Crippen LogP contribution in [0, 0.1) is 5.92 Å². The van der Waals surface area contributed by atoms with E-state index in [1.54, 1.807) is 20.8 Å². The van der Waals surface area contributed by atoms with Gasteiger partial charge in [-0.3, -0.25) is 9.69 Å². The number of ether oxygens (including phenoxy) is 2. The van der Waals surface area contributed by atoms with E-state index in [0.29, 0.717) is 37.9 Å². The number of nitrogens with zero attached hydrogens (tertiary/aromatic N) is 1. The number of carbonyl (C=O) groups is 1. The summed E-state index contributed by atoms with van der Waals surface area (Å²) < 4.78 is 93.6. The number of hydrogen-bond donors (Lipinski definition) is 0. The fraction of sp³-hybridized carbons (Fsp3) is 0.441. The molecule has 0 radical (unpaired) electrons. The summed E-state index contributed by atoms with van der Waals surface area (Å²) >= 11 is 0. The van der Waals surface area contributed by atoms with E-state index >= 15 is 0 Å². The van der Waals surface area contributed by atoms with Gasteiger partial charge in [0.05, 0.1) is 35.3 Å². The molecule has 44 heavy (non-hydrogen) atoms. The molecule has 3 aromatic carbocycles. The van der Waals surface area contributed by atoms with Crippen molar-refractivity contribution < 1.29 is 40.6 Å². The summed E-state index contributed by atoms with van der Waals surface area (Å²) in [5.41, 5.74) is -2.75. The highest BCUT2D eigenvalue weighted by molar-refractivity contribution is 5.75. The molecule has 2 aliphatic heterocycles. The summed E-state index contributed by atoms with van der Waals surface area (Å²) in [6.07, 6.45) is -9.25. The number of rotatable bonds is 7. The van der Waals surface area contributed by atoms with Crippen LogP contribution in [0.25, 0.3) is 0 Å². The quantitative estimate of drug-likeness (QED) is 0.196. The van der Waals surface area contributed by atoms with Crippen molar-refractivity contribution in [3.8, 4) is 0 Å². The van der Waals surface area contributed by atoms with Gasteiger partial charge in [0.2, 0.25) is 0 Å². The van der Waals surface area contributed by atoms with Crippen LogP contribution in [0.5, 0.6) is 0 Å². The van der Waals surface area contributed by atoms with Crippen molar-refractivity contribution in [3.05, 3.63) is 107 Å². The van der Waals surface area contributed by atoms with Gasteiger partial charge in [0, 0.05) is 12.6 Å². The average molecular weight is 620 g/mol. The van der Waals surface area contributed by atoms with E-state index in [1.165, 1.54) is 0 Å². The summed E-state index contributed by atoms with van der Waals surface area (Å²) in [5.74, 6) is -0.858. The van der Waals surface area contributed by atoms with Crippen LogP contribution in [0.4, 0.5) is 26.3 Å². The molecule has 0 saturated carbocycles. The van der Waals surface area contributed by atoms with Crippen molar-refractivity contribution in [3.63, 3.8) is 0 Å². The predicted octanol–water partition coefficient (Wildman–Crippen LogP) is 8.53. The van der Waals surface area contributed by atoms with Crippen LogP contribution in [0.15, 0.2) is 78.9 Å². The normalized spacial score (nSPS) is 24.3. The van der Waals surface area contributed by atoms with Crippen molar-refractivity contribution in [2.24, 2.45) is 5.92 Å². The number of benzene rings is 3. The number of carbonyl (C=O) groups excluding carboxylic acids is 1. The van der Waals surface area contributed by atoms with Crippen LogP contribution in [-0.4, -0.2) is 28.6 Å². The lowest BCUT2D eigenvalue weighted by Crippen LogP contribution is -2.56. The summed E-state index contributed by atoms with van der Waals surface area (Å²) in [6.45, 7) is 5.40. The van der Waals surface area contributed by atoms with Gasteiger partial charge in [-0.2, -0.15) is 26.3 Å². The van der Waals surface area contributed by atoms with Gasteiger partial charge in [-0.25, -0.2) is 0 Å². The lowest BCUT2D eigenvalue weighted by molar-refractivity contribution is -0.161. The minimum atomic E-state index is -4.96. The van der Waals surface area contributed by atoms with Gasteiger partial charge in [-0.1, -0.05) is 60.7 Å². The van der Waals surface area contributed by atoms with Crippen molar-refractivity contribution in [2.75, 3.05) is 0 Å². The fourth-order valence-electron chi connectivity index (χ4n) is 6.71. The number of piperidine rings is 1. The van der Waals surface area contributed by atoms with Crippen LogP contribution in [0.2, 0.25) is 0 Å². The van der Waals surface area contributed by atoms with Crippen LogP contribution < -0.4 is 0 Å². The number of hydrogen-bond acceptors (Lipinski definition) is 4.